The maximum absolute atomic E-state index is 11.1. The molecule has 1 amide bonds. The van der Waals surface area contributed by atoms with Crippen molar-refractivity contribution in [3.8, 4) is 0 Å². The molecule has 0 aromatic rings. The first-order chi connectivity index (χ1) is 5.68. The molecule has 3 N–H and O–H groups in total. The Morgan fingerprint density at radius 3 is 3.00 bits per heavy atom. The second-order valence-electron chi connectivity index (χ2n) is 2.95. The van der Waals surface area contributed by atoms with E-state index in [0.29, 0.717) is 13.1 Å². The van der Waals surface area contributed by atoms with Crippen LogP contribution < -0.4 is 10.7 Å². The SMILES string of the molecule is O=C1CNC2CN(C(=O)O)NC12. The highest BCUT2D eigenvalue weighted by atomic mass is 16.4. The second-order valence-corrected chi connectivity index (χ2v) is 2.95. The molecule has 0 spiro atoms. The number of carboxylic acid groups (broad SMARTS) is 1. The van der Waals surface area contributed by atoms with E-state index in [0.717, 1.165) is 5.01 Å². The zero-order chi connectivity index (χ0) is 8.72. The lowest BCUT2D eigenvalue weighted by atomic mass is 10.1. The predicted molar refractivity (Wildman–Crippen MR) is 38.5 cm³/mol. The number of hydrogen-bond acceptors (Lipinski definition) is 4. The molecule has 6 nitrogen and oxygen atoms in total. The fourth-order valence-corrected chi connectivity index (χ4v) is 1.57. The van der Waals surface area contributed by atoms with Gasteiger partial charge in [-0.3, -0.25) is 4.79 Å². The molecule has 66 valence electrons. The molecule has 2 heterocycles. The van der Waals surface area contributed by atoms with Gasteiger partial charge in [-0.05, 0) is 0 Å². The molecule has 0 saturated carbocycles. The number of carbonyl (C=O) groups excluding carboxylic acids is 1. The van der Waals surface area contributed by atoms with Crippen LogP contribution in [0.2, 0.25) is 0 Å². The molecule has 0 aliphatic carbocycles. The van der Waals surface area contributed by atoms with Gasteiger partial charge in [0, 0.05) is 0 Å². The van der Waals surface area contributed by atoms with Crippen LogP contribution in [-0.2, 0) is 4.79 Å². The topological polar surface area (TPSA) is 81.7 Å². The van der Waals surface area contributed by atoms with Crippen molar-refractivity contribution < 1.29 is 14.7 Å². The molecule has 2 unspecified atom stereocenters. The van der Waals surface area contributed by atoms with E-state index in [-0.39, 0.29) is 17.9 Å². The first kappa shape index (κ1) is 7.51. The third-order valence-corrected chi connectivity index (χ3v) is 2.19. The van der Waals surface area contributed by atoms with Crippen LogP contribution in [0.25, 0.3) is 0 Å². The van der Waals surface area contributed by atoms with E-state index in [1.807, 2.05) is 0 Å². The van der Waals surface area contributed by atoms with Crippen LogP contribution >= 0.6 is 0 Å². The molecular weight excluding hydrogens is 162 g/mol. The summed E-state index contributed by atoms with van der Waals surface area (Å²) in [4.78, 5) is 21.5. The molecule has 0 bridgehead atoms. The summed E-state index contributed by atoms with van der Waals surface area (Å²) in [5.41, 5.74) is 2.62. The van der Waals surface area contributed by atoms with E-state index in [2.05, 4.69) is 10.7 Å². The Kier molecular flexibility index (Phi) is 1.52. The minimum atomic E-state index is -1.04. The number of nitrogens with zero attached hydrogens (tertiary/aromatic N) is 1. The van der Waals surface area contributed by atoms with Crippen LogP contribution in [-0.4, -0.2) is 47.2 Å². The molecule has 2 rings (SSSR count). The zero-order valence-electron chi connectivity index (χ0n) is 6.28. The lowest BCUT2D eigenvalue weighted by Crippen LogP contribution is -2.42. The fourth-order valence-electron chi connectivity index (χ4n) is 1.57. The minimum Gasteiger partial charge on any atom is -0.464 e. The summed E-state index contributed by atoms with van der Waals surface area (Å²) in [5.74, 6) is 0.0313. The molecule has 12 heavy (non-hydrogen) atoms. The molecule has 6 heteroatoms. The van der Waals surface area contributed by atoms with Gasteiger partial charge in [0.15, 0.2) is 5.78 Å². The average Bonchev–Trinajstić information content (AvgIpc) is 2.53. The summed E-state index contributed by atoms with van der Waals surface area (Å²) in [7, 11) is 0. The molecule has 2 aliphatic heterocycles. The van der Waals surface area contributed by atoms with Crippen LogP contribution in [0.3, 0.4) is 0 Å². The number of hydrazine groups is 1. The van der Waals surface area contributed by atoms with Gasteiger partial charge in [0.2, 0.25) is 0 Å². The first-order valence-electron chi connectivity index (χ1n) is 3.71. The van der Waals surface area contributed by atoms with Crippen molar-refractivity contribution in [3.05, 3.63) is 0 Å². The van der Waals surface area contributed by atoms with E-state index in [1.54, 1.807) is 0 Å². The zero-order valence-corrected chi connectivity index (χ0v) is 6.28. The highest BCUT2D eigenvalue weighted by molar-refractivity contribution is 5.89. The number of hydrogen-bond donors (Lipinski definition) is 3. The van der Waals surface area contributed by atoms with Crippen LogP contribution in [0.1, 0.15) is 0 Å². The molecule has 2 fully saturated rings. The molecular formula is C6H9N3O3. The Labute approximate surface area is 68.5 Å². The van der Waals surface area contributed by atoms with Crippen LogP contribution in [0.4, 0.5) is 4.79 Å². The van der Waals surface area contributed by atoms with E-state index in [1.165, 1.54) is 0 Å². The lowest BCUT2D eigenvalue weighted by molar-refractivity contribution is -0.118. The van der Waals surface area contributed by atoms with Crippen LogP contribution in [0.5, 0.6) is 0 Å². The maximum Gasteiger partial charge on any atom is 0.421 e. The van der Waals surface area contributed by atoms with Crippen molar-refractivity contribution in [3.63, 3.8) is 0 Å². The monoisotopic (exact) mass is 171 g/mol. The number of carbonyl (C=O) groups is 2. The van der Waals surface area contributed by atoms with Crippen molar-refractivity contribution >= 4 is 11.9 Å². The van der Waals surface area contributed by atoms with Gasteiger partial charge in [-0.2, -0.15) is 0 Å². The molecule has 0 aromatic carbocycles. The van der Waals surface area contributed by atoms with Gasteiger partial charge in [-0.15, -0.1) is 0 Å². The summed E-state index contributed by atoms with van der Waals surface area (Å²) in [5, 5.41) is 12.6. The first-order valence-corrected chi connectivity index (χ1v) is 3.71. The lowest BCUT2D eigenvalue weighted by Gasteiger charge is -2.12. The summed E-state index contributed by atoms with van der Waals surface area (Å²) < 4.78 is 0. The second kappa shape index (κ2) is 2.43. The van der Waals surface area contributed by atoms with Gasteiger partial charge in [0.05, 0.1) is 19.1 Å². The Balaban J connectivity index is 2.07. The van der Waals surface area contributed by atoms with E-state index < -0.39 is 6.09 Å². The van der Waals surface area contributed by atoms with Crippen LogP contribution in [0, 0.1) is 0 Å². The average molecular weight is 171 g/mol. The summed E-state index contributed by atoms with van der Waals surface area (Å²) >= 11 is 0. The van der Waals surface area contributed by atoms with Crippen molar-refractivity contribution in [2.75, 3.05) is 13.1 Å². The van der Waals surface area contributed by atoms with Gasteiger partial charge in [0.25, 0.3) is 0 Å². The van der Waals surface area contributed by atoms with E-state index in [9.17, 15) is 9.59 Å². The van der Waals surface area contributed by atoms with Crippen molar-refractivity contribution in [1.29, 1.82) is 0 Å². The number of amides is 1. The number of ketones is 1. The van der Waals surface area contributed by atoms with Gasteiger partial charge >= 0.3 is 6.09 Å². The van der Waals surface area contributed by atoms with Crippen molar-refractivity contribution in [1.82, 2.24) is 15.8 Å². The summed E-state index contributed by atoms with van der Waals surface area (Å²) in [6.45, 7) is 0.682. The standard InChI is InChI=1S/C6H9N3O3/c10-4-1-7-3-2-9(6(11)12)8-5(3)4/h3,5,7-8H,1-2H2,(H,11,12). The molecule has 0 radical (unpaired) electrons. The van der Waals surface area contributed by atoms with E-state index >= 15 is 0 Å². The van der Waals surface area contributed by atoms with Gasteiger partial charge in [-0.1, -0.05) is 0 Å². The summed E-state index contributed by atoms with van der Waals surface area (Å²) in [6.07, 6.45) is -1.04. The third-order valence-electron chi connectivity index (χ3n) is 2.19. The molecule has 0 aromatic heterocycles. The number of rotatable bonds is 0. The van der Waals surface area contributed by atoms with Gasteiger partial charge in [0.1, 0.15) is 6.04 Å². The Bertz CT molecular complexity index is 242. The highest BCUT2D eigenvalue weighted by Crippen LogP contribution is 2.12. The van der Waals surface area contributed by atoms with Crippen molar-refractivity contribution in [2.45, 2.75) is 12.1 Å². The molecule has 2 saturated heterocycles. The number of fused-ring (bicyclic) bond motifs is 1. The third kappa shape index (κ3) is 0.961. The molecule has 2 atom stereocenters. The Morgan fingerprint density at radius 1 is 1.67 bits per heavy atom. The smallest absolute Gasteiger partial charge is 0.421 e. The van der Waals surface area contributed by atoms with Gasteiger partial charge < -0.3 is 10.4 Å². The van der Waals surface area contributed by atoms with E-state index in [4.69, 9.17) is 5.11 Å². The minimum absolute atomic E-state index is 0.0313. The Hall–Kier alpha value is -1.14. The fraction of sp³-hybridized carbons (Fsp3) is 0.667. The summed E-state index contributed by atoms with van der Waals surface area (Å²) in [6, 6.07) is -0.394. The highest BCUT2D eigenvalue weighted by Gasteiger charge is 2.43. The van der Waals surface area contributed by atoms with Gasteiger partial charge in [-0.25, -0.2) is 15.2 Å². The van der Waals surface area contributed by atoms with Crippen molar-refractivity contribution in [2.24, 2.45) is 0 Å². The molecule has 2 aliphatic rings. The Morgan fingerprint density at radius 2 is 2.42 bits per heavy atom. The quantitative estimate of drug-likeness (QED) is 0.408. The maximum atomic E-state index is 11.1. The predicted octanol–water partition coefficient (Wildman–Crippen LogP) is -1.61. The largest absolute Gasteiger partial charge is 0.464 e. The normalized spacial score (nSPS) is 34.0. The number of nitrogens with one attached hydrogen (secondary N) is 2. The van der Waals surface area contributed by atoms with Crippen LogP contribution in [0.15, 0.2) is 0 Å². The number of Topliss-reactive ketones (excluding diaryl/α,β-unsaturated/α-hetero) is 1.